The van der Waals surface area contributed by atoms with Crippen molar-refractivity contribution in [2.75, 3.05) is 33.0 Å². The van der Waals surface area contributed by atoms with Crippen molar-refractivity contribution >= 4 is 34.4 Å². The first-order chi connectivity index (χ1) is 7.57. The monoisotopic (exact) mass is 264 g/mol. The number of carbonyl (C=O) groups is 1. The highest BCUT2D eigenvalue weighted by Gasteiger charge is 2.02. The highest BCUT2D eigenvalue weighted by atomic mass is 32.2. The van der Waals surface area contributed by atoms with Crippen molar-refractivity contribution in [3.63, 3.8) is 0 Å². The molecule has 0 fully saturated rings. The lowest BCUT2D eigenvalue weighted by Crippen LogP contribution is -2.26. The number of hydrogen-bond donors (Lipinski definition) is 1. The third-order valence-electron chi connectivity index (χ3n) is 1.71. The molecule has 0 aliphatic heterocycles. The number of amides is 1. The van der Waals surface area contributed by atoms with E-state index in [1.165, 1.54) is 11.8 Å². The first-order valence-electron chi connectivity index (χ1n) is 5.32. The van der Waals surface area contributed by atoms with Crippen molar-refractivity contribution in [1.82, 2.24) is 10.2 Å². The quantitative estimate of drug-likeness (QED) is 0.588. The summed E-state index contributed by atoms with van der Waals surface area (Å²) in [6.07, 6.45) is 1.70. The minimum atomic E-state index is -0.343. The normalized spacial score (nSPS) is 9.69. The first kappa shape index (κ1) is 15.5. The number of unbranched alkanes of at least 4 members (excludes halogenated alkanes) is 1. The van der Waals surface area contributed by atoms with Crippen molar-refractivity contribution in [3.8, 4) is 0 Å². The fraction of sp³-hybridized carbons (Fsp3) is 0.800. The molecule has 0 aromatic rings. The summed E-state index contributed by atoms with van der Waals surface area (Å²) in [4.78, 5) is 13.0. The lowest BCUT2D eigenvalue weighted by molar-refractivity contribution is 0.153. The summed E-state index contributed by atoms with van der Waals surface area (Å²) in [5.41, 5.74) is 0. The molecule has 0 spiro atoms. The lowest BCUT2D eigenvalue weighted by Gasteiger charge is -2.12. The summed E-state index contributed by atoms with van der Waals surface area (Å²) in [6, 6.07) is 0. The van der Waals surface area contributed by atoms with Gasteiger partial charge in [0.05, 0.1) is 0 Å². The second-order valence-corrected chi connectivity index (χ2v) is 5.15. The number of nitrogens with zero attached hydrogens (tertiary/aromatic N) is 1. The SMILES string of the molecule is CCCCNC(=O)OCCSC(=S)N(C)C. The minimum Gasteiger partial charge on any atom is -0.449 e. The minimum absolute atomic E-state index is 0.343. The van der Waals surface area contributed by atoms with Crippen LogP contribution in [0.5, 0.6) is 0 Å². The third-order valence-corrected chi connectivity index (χ3v) is 3.41. The molecule has 0 aromatic carbocycles. The predicted molar refractivity (Wildman–Crippen MR) is 73.0 cm³/mol. The second-order valence-electron chi connectivity index (χ2n) is 3.43. The highest BCUT2D eigenvalue weighted by molar-refractivity contribution is 8.22. The van der Waals surface area contributed by atoms with Crippen LogP contribution in [0.4, 0.5) is 4.79 Å². The van der Waals surface area contributed by atoms with Crippen LogP contribution < -0.4 is 5.32 Å². The number of nitrogens with one attached hydrogen (secondary N) is 1. The molecule has 94 valence electrons. The Bertz CT molecular complexity index is 223. The molecule has 0 bridgehead atoms. The zero-order chi connectivity index (χ0) is 12.4. The topological polar surface area (TPSA) is 41.6 Å². The molecule has 0 unspecified atom stereocenters. The van der Waals surface area contributed by atoms with Crippen molar-refractivity contribution in [1.29, 1.82) is 0 Å². The van der Waals surface area contributed by atoms with Gasteiger partial charge in [0.1, 0.15) is 10.9 Å². The molecule has 6 heteroatoms. The largest absolute Gasteiger partial charge is 0.449 e. The van der Waals surface area contributed by atoms with Crippen molar-refractivity contribution < 1.29 is 9.53 Å². The maximum atomic E-state index is 11.1. The fourth-order valence-electron chi connectivity index (χ4n) is 0.811. The van der Waals surface area contributed by atoms with E-state index < -0.39 is 0 Å². The van der Waals surface area contributed by atoms with Crippen LogP contribution in [0.2, 0.25) is 0 Å². The maximum Gasteiger partial charge on any atom is 0.407 e. The molecule has 0 aliphatic rings. The Morgan fingerprint density at radius 3 is 2.75 bits per heavy atom. The van der Waals surface area contributed by atoms with Crippen molar-refractivity contribution in [2.24, 2.45) is 0 Å². The van der Waals surface area contributed by atoms with Gasteiger partial charge < -0.3 is 15.0 Å². The average Bonchev–Trinajstić information content (AvgIpc) is 2.24. The number of thioether (sulfide) groups is 1. The summed E-state index contributed by atoms with van der Waals surface area (Å²) in [7, 11) is 3.79. The molecule has 0 saturated heterocycles. The Balaban J connectivity index is 3.37. The molecule has 0 aliphatic carbocycles. The molecule has 0 saturated carbocycles. The molecule has 0 heterocycles. The maximum absolute atomic E-state index is 11.1. The lowest BCUT2D eigenvalue weighted by atomic mass is 10.3. The predicted octanol–water partition coefficient (Wildman–Crippen LogP) is 2.09. The van der Waals surface area contributed by atoms with Gasteiger partial charge in [0, 0.05) is 26.4 Å². The van der Waals surface area contributed by atoms with Gasteiger partial charge in [0.2, 0.25) is 0 Å². The van der Waals surface area contributed by atoms with Gasteiger partial charge in [-0.25, -0.2) is 4.79 Å². The summed E-state index contributed by atoms with van der Waals surface area (Å²) in [5.74, 6) is 0.693. The fourth-order valence-corrected chi connectivity index (χ4v) is 1.66. The highest BCUT2D eigenvalue weighted by Crippen LogP contribution is 2.05. The number of hydrogen-bond acceptors (Lipinski definition) is 4. The number of rotatable bonds is 6. The van der Waals surface area contributed by atoms with Crippen molar-refractivity contribution in [2.45, 2.75) is 19.8 Å². The molecule has 0 aromatic heterocycles. The molecular weight excluding hydrogens is 244 g/mol. The van der Waals surface area contributed by atoms with Crippen molar-refractivity contribution in [3.05, 3.63) is 0 Å². The summed E-state index contributed by atoms with van der Waals surface area (Å²) < 4.78 is 5.77. The third kappa shape index (κ3) is 8.79. The number of thiocarbonyl (C=S) groups is 1. The van der Waals surface area contributed by atoms with E-state index in [1.54, 1.807) is 0 Å². The molecule has 0 rings (SSSR count). The van der Waals surface area contributed by atoms with Gasteiger partial charge in [0.25, 0.3) is 0 Å². The number of alkyl carbamates (subject to hydrolysis) is 1. The zero-order valence-electron chi connectivity index (χ0n) is 10.1. The molecule has 0 atom stereocenters. The molecule has 1 amide bonds. The van der Waals surface area contributed by atoms with E-state index in [0.29, 0.717) is 18.9 Å². The van der Waals surface area contributed by atoms with E-state index in [0.717, 1.165) is 17.2 Å². The van der Waals surface area contributed by atoms with Gasteiger partial charge in [-0.05, 0) is 6.42 Å². The van der Waals surface area contributed by atoms with Crippen LogP contribution in [0.1, 0.15) is 19.8 Å². The van der Waals surface area contributed by atoms with E-state index in [2.05, 4.69) is 12.2 Å². The Hall–Kier alpha value is -0.490. The molecule has 0 radical (unpaired) electrons. The molecule has 1 N–H and O–H groups in total. The van der Waals surface area contributed by atoms with E-state index in [1.807, 2.05) is 19.0 Å². The van der Waals surface area contributed by atoms with Crippen LogP contribution in [-0.4, -0.2) is 48.3 Å². The van der Waals surface area contributed by atoms with E-state index in [4.69, 9.17) is 17.0 Å². The standard InChI is InChI=1S/C10H20N2O2S2/c1-4-5-6-11-9(13)14-7-8-16-10(15)12(2)3/h4-8H2,1-3H3,(H,11,13). The van der Waals surface area contributed by atoms with Crippen LogP contribution in [0.15, 0.2) is 0 Å². The smallest absolute Gasteiger partial charge is 0.407 e. The molecule has 16 heavy (non-hydrogen) atoms. The Morgan fingerprint density at radius 1 is 1.50 bits per heavy atom. The number of carbonyl (C=O) groups excluding carboxylic acids is 1. The van der Waals surface area contributed by atoms with Crippen LogP contribution in [0.25, 0.3) is 0 Å². The molecule has 4 nitrogen and oxygen atoms in total. The average molecular weight is 264 g/mol. The summed E-state index contributed by atoms with van der Waals surface area (Å²) in [5, 5.41) is 2.68. The van der Waals surface area contributed by atoms with Gasteiger partial charge in [0.15, 0.2) is 0 Å². The van der Waals surface area contributed by atoms with Crippen LogP contribution in [-0.2, 0) is 4.74 Å². The van der Waals surface area contributed by atoms with E-state index in [9.17, 15) is 4.79 Å². The van der Waals surface area contributed by atoms with Gasteiger partial charge in [-0.2, -0.15) is 0 Å². The van der Waals surface area contributed by atoms with Crippen LogP contribution >= 0.6 is 24.0 Å². The van der Waals surface area contributed by atoms with Gasteiger partial charge in [-0.15, -0.1) is 0 Å². The van der Waals surface area contributed by atoms with E-state index in [-0.39, 0.29) is 6.09 Å². The second kappa shape index (κ2) is 9.72. The Labute approximate surface area is 107 Å². The Kier molecular flexibility index (Phi) is 9.42. The summed E-state index contributed by atoms with van der Waals surface area (Å²) >= 11 is 6.58. The van der Waals surface area contributed by atoms with E-state index >= 15 is 0 Å². The zero-order valence-corrected chi connectivity index (χ0v) is 11.7. The van der Waals surface area contributed by atoms with Gasteiger partial charge in [-0.3, -0.25) is 0 Å². The Morgan fingerprint density at radius 2 is 2.19 bits per heavy atom. The van der Waals surface area contributed by atoms with Gasteiger partial charge in [-0.1, -0.05) is 37.3 Å². The van der Waals surface area contributed by atoms with Crippen LogP contribution in [0.3, 0.4) is 0 Å². The van der Waals surface area contributed by atoms with Gasteiger partial charge >= 0.3 is 6.09 Å². The number of ether oxygens (including phenoxy) is 1. The first-order valence-corrected chi connectivity index (χ1v) is 6.72. The summed E-state index contributed by atoms with van der Waals surface area (Å²) in [6.45, 7) is 3.14. The van der Waals surface area contributed by atoms with Crippen LogP contribution in [0, 0.1) is 0 Å². The molecular formula is C10H20N2O2S2.